The fourth-order valence-electron chi connectivity index (χ4n) is 5.60. The summed E-state index contributed by atoms with van der Waals surface area (Å²) in [4.78, 5) is 41.5. The molecule has 1 fully saturated rings. The highest BCUT2D eigenvalue weighted by Gasteiger charge is 2.39. The second kappa shape index (κ2) is 11.5. The summed E-state index contributed by atoms with van der Waals surface area (Å²) >= 11 is 6.06. The molecule has 1 aliphatic heterocycles. The maximum Gasteiger partial charge on any atom is 0.319 e. The van der Waals surface area contributed by atoms with Crippen LogP contribution in [0.5, 0.6) is 0 Å². The number of benzene rings is 2. The number of carbonyl (C=O) groups excluding carboxylic acids is 3. The molecule has 0 saturated heterocycles. The van der Waals surface area contributed by atoms with Gasteiger partial charge in [0.05, 0.1) is 0 Å². The molecule has 1 heterocycles. The predicted octanol–water partition coefficient (Wildman–Crippen LogP) is 5.85. The van der Waals surface area contributed by atoms with Crippen LogP contribution in [0.4, 0.5) is 16.2 Å². The molecule has 2 aromatic carbocycles. The summed E-state index contributed by atoms with van der Waals surface area (Å²) in [6.07, 6.45) is 6.25. The number of fused-ring (bicyclic) bond motifs is 1. The predicted molar refractivity (Wildman–Crippen MR) is 148 cm³/mol. The first kappa shape index (κ1) is 27.0. The third kappa shape index (κ3) is 7.04. The fraction of sp³-hybridized carbons (Fsp3) is 0.483. The Morgan fingerprint density at radius 3 is 2.46 bits per heavy atom. The summed E-state index contributed by atoms with van der Waals surface area (Å²) in [6, 6.07) is 13.5. The molecule has 2 aromatic rings. The van der Waals surface area contributed by atoms with E-state index in [1.807, 2.05) is 39.0 Å². The van der Waals surface area contributed by atoms with Crippen LogP contribution in [0.3, 0.4) is 0 Å². The molecule has 37 heavy (non-hydrogen) atoms. The van der Waals surface area contributed by atoms with Gasteiger partial charge in [-0.05, 0) is 81.7 Å². The van der Waals surface area contributed by atoms with E-state index < -0.39 is 17.6 Å². The van der Waals surface area contributed by atoms with Gasteiger partial charge in [-0.3, -0.25) is 9.59 Å². The number of anilines is 2. The zero-order valence-corrected chi connectivity index (χ0v) is 22.6. The van der Waals surface area contributed by atoms with E-state index in [9.17, 15) is 14.4 Å². The number of nitrogens with one attached hydrogen (secondary N) is 3. The van der Waals surface area contributed by atoms with Crippen molar-refractivity contribution in [3.63, 3.8) is 0 Å². The summed E-state index contributed by atoms with van der Waals surface area (Å²) in [5.41, 5.74) is 1.95. The van der Waals surface area contributed by atoms with Crippen molar-refractivity contribution >= 4 is 40.8 Å². The molecule has 1 saturated carbocycles. The van der Waals surface area contributed by atoms with Crippen LogP contribution in [-0.2, 0) is 9.59 Å². The van der Waals surface area contributed by atoms with Gasteiger partial charge in [0.2, 0.25) is 11.8 Å². The van der Waals surface area contributed by atoms with Gasteiger partial charge in [0, 0.05) is 21.9 Å². The molecule has 7 nitrogen and oxygen atoms in total. The van der Waals surface area contributed by atoms with E-state index in [-0.39, 0.29) is 24.3 Å². The molecule has 1 aliphatic carbocycles. The zero-order valence-electron chi connectivity index (χ0n) is 21.9. The average molecular weight is 525 g/mol. The molecule has 8 heteroatoms. The van der Waals surface area contributed by atoms with E-state index >= 15 is 0 Å². The summed E-state index contributed by atoms with van der Waals surface area (Å²) in [5, 5.41) is 9.17. The van der Waals surface area contributed by atoms with Crippen molar-refractivity contribution in [2.45, 2.75) is 76.8 Å². The van der Waals surface area contributed by atoms with Crippen molar-refractivity contribution in [2.24, 2.45) is 5.92 Å². The lowest BCUT2D eigenvalue weighted by Crippen LogP contribution is -2.53. The van der Waals surface area contributed by atoms with Gasteiger partial charge in [0.1, 0.15) is 12.6 Å². The highest BCUT2D eigenvalue weighted by Crippen LogP contribution is 2.44. The van der Waals surface area contributed by atoms with Crippen LogP contribution in [-0.4, -0.2) is 36.0 Å². The Labute approximate surface area is 224 Å². The number of hydrogen-bond donors (Lipinski definition) is 3. The highest BCUT2D eigenvalue weighted by molar-refractivity contribution is 6.30. The van der Waals surface area contributed by atoms with Gasteiger partial charge in [-0.1, -0.05) is 55.1 Å². The van der Waals surface area contributed by atoms with E-state index in [1.165, 1.54) is 19.3 Å². The van der Waals surface area contributed by atoms with Gasteiger partial charge < -0.3 is 20.9 Å². The fourth-order valence-corrected chi connectivity index (χ4v) is 5.79. The van der Waals surface area contributed by atoms with Crippen LogP contribution < -0.4 is 20.9 Å². The molecule has 0 radical (unpaired) electrons. The maximum atomic E-state index is 14.0. The van der Waals surface area contributed by atoms with Gasteiger partial charge in [0.15, 0.2) is 0 Å². The van der Waals surface area contributed by atoms with E-state index in [1.54, 1.807) is 29.2 Å². The van der Waals surface area contributed by atoms with Crippen LogP contribution in [0.25, 0.3) is 0 Å². The van der Waals surface area contributed by atoms with Crippen LogP contribution in [0.1, 0.15) is 70.8 Å². The lowest BCUT2D eigenvalue weighted by Gasteiger charge is -2.32. The Morgan fingerprint density at radius 2 is 1.76 bits per heavy atom. The number of nitrogens with zero attached hydrogens (tertiary/aromatic N) is 1. The van der Waals surface area contributed by atoms with Crippen LogP contribution >= 0.6 is 11.6 Å². The van der Waals surface area contributed by atoms with E-state index in [2.05, 4.69) is 22.0 Å². The van der Waals surface area contributed by atoms with E-state index in [4.69, 9.17) is 11.6 Å². The summed E-state index contributed by atoms with van der Waals surface area (Å²) < 4.78 is 0. The molecule has 4 rings (SSSR count). The van der Waals surface area contributed by atoms with Crippen LogP contribution in [0.2, 0.25) is 5.02 Å². The smallest absolute Gasteiger partial charge is 0.319 e. The van der Waals surface area contributed by atoms with Crippen molar-refractivity contribution in [1.29, 1.82) is 0 Å². The minimum Gasteiger partial charge on any atom is -0.350 e. The monoisotopic (exact) mass is 524 g/mol. The maximum absolute atomic E-state index is 14.0. The third-order valence-electron chi connectivity index (χ3n) is 7.10. The minimum absolute atomic E-state index is 0.104. The summed E-state index contributed by atoms with van der Waals surface area (Å²) in [5.74, 6) is 0.00361. The Morgan fingerprint density at radius 1 is 1.03 bits per heavy atom. The molecule has 0 unspecified atom stereocenters. The second-order valence-electron chi connectivity index (χ2n) is 11.2. The van der Waals surface area contributed by atoms with E-state index in [0.717, 1.165) is 24.1 Å². The Hall–Kier alpha value is -3.06. The first-order valence-corrected chi connectivity index (χ1v) is 13.5. The van der Waals surface area contributed by atoms with Gasteiger partial charge in [-0.2, -0.15) is 0 Å². The molecule has 3 N–H and O–H groups in total. The van der Waals surface area contributed by atoms with Gasteiger partial charge in [-0.15, -0.1) is 0 Å². The largest absolute Gasteiger partial charge is 0.350 e. The number of rotatable bonds is 5. The van der Waals surface area contributed by atoms with E-state index in [0.29, 0.717) is 23.0 Å². The second-order valence-corrected chi connectivity index (χ2v) is 11.6. The first-order valence-electron chi connectivity index (χ1n) is 13.1. The van der Waals surface area contributed by atoms with Crippen molar-refractivity contribution in [1.82, 2.24) is 10.6 Å². The summed E-state index contributed by atoms with van der Waals surface area (Å²) in [7, 11) is 0. The standard InChI is InChI=1S/C29H37ClN4O3/c1-29(2,3)33-26(35)18-34-25-15-8-7-14-22(25)23(19-10-5-4-6-11-19)17-24(27(34)36)32-28(37)31-21-13-9-12-20(30)16-21/h7-9,12-16,19,23-24H,4-6,10-11,17-18H2,1-3H3,(H,33,35)(H2,31,32,37)/t23-,24-/m0/s1. The lowest BCUT2D eigenvalue weighted by atomic mass is 9.74. The molecule has 0 spiro atoms. The van der Waals surface area contributed by atoms with Gasteiger partial charge in [0.25, 0.3) is 0 Å². The molecule has 2 atom stereocenters. The average Bonchev–Trinajstić information content (AvgIpc) is 2.94. The van der Waals surface area contributed by atoms with Crippen LogP contribution in [0, 0.1) is 5.92 Å². The van der Waals surface area contributed by atoms with Crippen molar-refractivity contribution in [3.8, 4) is 0 Å². The number of urea groups is 1. The Balaban J connectivity index is 1.65. The Bertz CT molecular complexity index is 1140. The lowest BCUT2D eigenvalue weighted by molar-refractivity contribution is -0.125. The van der Waals surface area contributed by atoms with Crippen molar-refractivity contribution in [3.05, 3.63) is 59.1 Å². The third-order valence-corrected chi connectivity index (χ3v) is 7.34. The molecule has 0 bridgehead atoms. The SMILES string of the molecule is CC(C)(C)NC(=O)CN1C(=O)[C@@H](NC(=O)Nc2cccc(Cl)c2)C[C@@H](C2CCCCC2)c2ccccc21. The van der Waals surface area contributed by atoms with Crippen molar-refractivity contribution < 1.29 is 14.4 Å². The van der Waals surface area contributed by atoms with Gasteiger partial charge in [-0.25, -0.2) is 4.79 Å². The first-order chi connectivity index (χ1) is 17.6. The minimum atomic E-state index is -0.777. The van der Waals surface area contributed by atoms with Crippen molar-refractivity contribution in [2.75, 3.05) is 16.8 Å². The van der Waals surface area contributed by atoms with Crippen LogP contribution in [0.15, 0.2) is 48.5 Å². The number of amides is 4. The molecule has 2 aliphatic rings. The quantitative estimate of drug-likeness (QED) is 0.458. The topological polar surface area (TPSA) is 90.5 Å². The molecule has 0 aromatic heterocycles. The summed E-state index contributed by atoms with van der Waals surface area (Å²) in [6.45, 7) is 5.62. The Kier molecular flexibility index (Phi) is 8.42. The molecule has 4 amide bonds. The number of hydrogen-bond acceptors (Lipinski definition) is 3. The molecular formula is C29H37ClN4O3. The highest BCUT2D eigenvalue weighted by atomic mass is 35.5. The number of carbonyl (C=O) groups is 3. The zero-order chi connectivity index (χ0) is 26.6. The van der Waals surface area contributed by atoms with Gasteiger partial charge >= 0.3 is 6.03 Å². The molecule has 198 valence electrons. The normalized spacial score (nSPS) is 20.5. The number of para-hydroxylation sites is 1. The number of halogens is 1. The molecular weight excluding hydrogens is 488 g/mol.